The van der Waals surface area contributed by atoms with Crippen LogP contribution in [0.15, 0.2) is 0 Å². The minimum atomic E-state index is -4.36. The molecule has 0 aromatic rings. The van der Waals surface area contributed by atoms with Crippen LogP contribution in [0.3, 0.4) is 0 Å². The van der Waals surface area contributed by atoms with Crippen molar-refractivity contribution in [1.82, 2.24) is 4.90 Å². The minimum Gasteiger partial charge on any atom is -0.331 e. The van der Waals surface area contributed by atoms with Crippen molar-refractivity contribution in [2.75, 3.05) is 6.54 Å². The van der Waals surface area contributed by atoms with Gasteiger partial charge in [0.05, 0.1) is 5.92 Å². The Morgan fingerprint density at radius 1 is 1.33 bits per heavy atom. The molecule has 6 heteroatoms. The van der Waals surface area contributed by atoms with Gasteiger partial charge in [-0.05, 0) is 26.7 Å². The molecule has 0 aromatic carbocycles. The van der Waals surface area contributed by atoms with Crippen LogP contribution in [0.4, 0.5) is 13.2 Å². The maximum absolute atomic E-state index is 12.5. The fraction of sp³-hybridized carbons (Fsp3) is 0.917. The zero-order valence-corrected chi connectivity index (χ0v) is 10.8. The predicted molar refractivity (Wildman–Crippen MR) is 62.8 cm³/mol. The standard InChI is InChI=1S/C12H21F3N2O/c1-8(2)17(7-12(13,14)15)11(18)9-5-3-4-6-10(9)16/h8-10H,3-7,16H2,1-2H3. The number of carbonyl (C=O) groups excluding carboxylic acids is 1. The highest BCUT2D eigenvalue weighted by Gasteiger charge is 2.38. The van der Waals surface area contributed by atoms with Crippen molar-refractivity contribution in [3.63, 3.8) is 0 Å². The summed E-state index contributed by atoms with van der Waals surface area (Å²) in [6.07, 6.45) is -1.23. The summed E-state index contributed by atoms with van der Waals surface area (Å²) in [5.74, 6) is -0.905. The molecule has 0 saturated heterocycles. The van der Waals surface area contributed by atoms with E-state index in [1.165, 1.54) is 0 Å². The lowest BCUT2D eigenvalue weighted by molar-refractivity contribution is -0.168. The number of nitrogens with two attached hydrogens (primary N) is 1. The van der Waals surface area contributed by atoms with Gasteiger partial charge in [-0.25, -0.2) is 0 Å². The van der Waals surface area contributed by atoms with Crippen LogP contribution in [-0.4, -0.2) is 35.6 Å². The van der Waals surface area contributed by atoms with Crippen LogP contribution < -0.4 is 5.73 Å². The summed E-state index contributed by atoms with van der Waals surface area (Å²) in [5.41, 5.74) is 5.85. The molecule has 0 spiro atoms. The lowest BCUT2D eigenvalue weighted by Gasteiger charge is -2.35. The number of alkyl halides is 3. The van der Waals surface area contributed by atoms with Crippen molar-refractivity contribution in [3.8, 4) is 0 Å². The van der Waals surface area contributed by atoms with Crippen molar-refractivity contribution in [2.24, 2.45) is 11.7 Å². The van der Waals surface area contributed by atoms with Crippen LogP contribution in [-0.2, 0) is 4.79 Å². The molecule has 1 aliphatic carbocycles. The van der Waals surface area contributed by atoms with E-state index >= 15 is 0 Å². The smallest absolute Gasteiger partial charge is 0.331 e. The Morgan fingerprint density at radius 3 is 2.33 bits per heavy atom. The summed E-state index contributed by atoms with van der Waals surface area (Å²) < 4.78 is 37.4. The predicted octanol–water partition coefficient (Wildman–Crippen LogP) is 2.30. The van der Waals surface area contributed by atoms with Crippen molar-refractivity contribution in [2.45, 2.75) is 57.8 Å². The molecule has 0 bridgehead atoms. The van der Waals surface area contributed by atoms with Gasteiger partial charge in [0.2, 0.25) is 5.91 Å². The van der Waals surface area contributed by atoms with Gasteiger partial charge in [0.1, 0.15) is 6.54 Å². The molecule has 2 N–H and O–H groups in total. The number of carbonyl (C=O) groups is 1. The van der Waals surface area contributed by atoms with E-state index in [-0.39, 0.29) is 6.04 Å². The van der Waals surface area contributed by atoms with E-state index in [4.69, 9.17) is 5.73 Å². The molecule has 2 atom stereocenters. The molecule has 1 fully saturated rings. The van der Waals surface area contributed by atoms with Crippen LogP contribution >= 0.6 is 0 Å². The Kier molecular flexibility index (Phi) is 5.01. The van der Waals surface area contributed by atoms with Crippen molar-refractivity contribution < 1.29 is 18.0 Å². The van der Waals surface area contributed by atoms with Gasteiger partial charge < -0.3 is 10.6 Å². The maximum atomic E-state index is 12.5. The molecular formula is C12H21F3N2O. The Morgan fingerprint density at radius 2 is 1.89 bits per heavy atom. The molecule has 1 rings (SSSR count). The molecule has 1 amide bonds. The van der Waals surface area contributed by atoms with E-state index in [0.29, 0.717) is 12.8 Å². The van der Waals surface area contributed by atoms with Crippen LogP contribution in [0, 0.1) is 5.92 Å². The third-order valence-electron chi connectivity index (χ3n) is 3.39. The molecular weight excluding hydrogens is 245 g/mol. The number of rotatable bonds is 3. The van der Waals surface area contributed by atoms with Crippen LogP contribution in [0.2, 0.25) is 0 Å². The van der Waals surface area contributed by atoms with E-state index in [9.17, 15) is 18.0 Å². The first-order valence-electron chi connectivity index (χ1n) is 6.35. The summed E-state index contributed by atoms with van der Waals surface area (Å²) in [6, 6.07) is -0.769. The first-order chi connectivity index (χ1) is 8.22. The maximum Gasteiger partial charge on any atom is 0.406 e. The zero-order valence-electron chi connectivity index (χ0n) is 10.8. The number of halogens is 3. The van der Waals surface area contributed by atoms with Crippen LogP contribution in [0.1, 0.15) is 39.5 Å². The second kappa shape index (κ2) is 5.91. The molecule has 0 aliphatic heterocycles. The number of hydrogen-bond acceptors (Lipinski definition) is 2. The molecule has 0 aromatic heterocycles. The third-order valence-corrected chi connectivity index (χ3v) is 3.39. The average molecular weight is 266 g/mol. The highest BCUT2D eigenvalue weighted by atomic mass is 19.4. The Balaban J connectivity index is 2.75. The monoisotopic (exact) mass is 266 g/mol. The molecule has 18 heavy (non-hydrogen) atoms. The fourth-order valence-electron chi connectivity index (χ4n) is 2.39. The van der Waals surface area contributed by atoms with Gasteiger partial charge in [-0.15, -0.1) is 0 Å². The Bertz CT molecular complexity index is 292. The minimum absolute atomic E-state index is 0.305. The van der Waals surface area contributed by atoms with E-state index in [2.05, 4.69) is 0 Å². The highest BCUT2D eigenvalue weighted by molar-refractivity contribution is 5.80. The van der Waals surface area contributed by atoms with E-state index in [1.54, 1.807) is 13.8 Å². The summed E-state index contributed by atoms with van der Waals surface area (Å²) in [7, 11) is 0. The van der Waals surface area contributed by atoms with Gasteiger partial charge in [0.25, 0.3) is 0 Å². The first kappa shape index (κ1) is 15.3. The van der Waals surface area contributed by atoms with Crippen molar-refractivity contribution in [1.29, 1.82) is 0 Å². The summed E-state index contributed by atoms with van der Waals surface area (Å²) in [5, 5.41) is 0. The van der Waals surface area contributed by atoms with Gasteiger partial charge in [-0.1, -0.05) is 12.8 Å². The number of nitrogens with zero attached hydrogens (tertiary/aromatic N) is 1. The molecule has 0 heterocycles. The second-order valence-corrected chi connectivity index (χ2v) is 5.23. The van der Waals surface area contributed by atoms with E-state index in [0.717, 1.165) is 17.7 Å². The summed E-state index contributed by atoms with van der Waals surface area (Å²) in [6.45, 7) is 2.00. The lowest BCUT2D eigenvalue weighted by Crippen LogP contribution is -2.50. The van der Waals surface area contributed by atoms with Crippen LogP contribution in [0.25, 0.3) is 0 Å². The van der Waals surface area contributed by atoms with Crippen molar-refractivity contribution >= 4 is 5.91 Å². The van der Waals surface area contributed by atoms with Gasteiger partial charge in [0, 0.05) is 12.1 Å². The van der Waals surface area contributed by atoms with Gasteiger partial charge in [0.15, 0.2) is 0 Å². The van der Waals surface area contributed by atoms with E-state index in [1.807, 2.05) is 0 Å². The Hall–Kier alpha value is -0.780. The Labute approximate surface area is 106 Å². The topological polar surface area (TPSA) is 46.3 Å². The molecule has 1 aliphatic rings. The quantitative estimate of drug-likeness (QED) is 0.852. The normalized spacial score (nSPS) is 25.3. The van der Waals surface area contributed by atoms with Gasteiger partial charge in [-0.3, -0.25) is 4.79 Å². The molecule has 3 nitrogen and oxygen atoms in total. The van der Waals surface area contributed by atoms with Gasteiger partial charge in [-0.2, -0.15) is 13.2 Å². The van der Waals surface area contributed by atoms with Gasteiger partial charge >= 0.3 is 6.18 Å². The highest BCUT2D eigenvalue weighted by Crippen LogP contribution is 2.27. The third kappa shape index (κ3) is 4.15. The number of hydrogen-bond donors (Lipinski definition) is 1. The molecule has 0 radical (unpaired) electrons. The molecule has 1 saturated carbocycles. The SMILES string of the molecule is CC(C)N(CC(F)(F)F)C(=O)C1CCCCC1N. The largest absolute Gasteiger partial charge is 0.406 e. The summed E-state index contributed by atoms with van der Waals surface area (Å²) in [4.78, 5) is 13.1. The van der Waals surface area contributed by atoms with Crippen molar-refractivity contribution in [3.05, 3.63) is 0 Å². The zero-order chi connectivity index (χ0) is 13.9. The average Bonchev–Trinajstić information content (AvgIpc) is 2.24. The second-order valence-electron chi connectivity index (χ2n) is 5.23. The fourth-order valence-corrected chi connectivity index (χ4v) is 2.39. The lowest BCUT2D eigenvalue weighted by atomic mass is 9.84. The van der Waals surface area contributed by atoms with Crippen LogP contribution in [0.5, 0.6) is 0 Å². The molecule has 106 valence electrons. The first-order valence-corrected chi connectivity index (χ1v) is 6.35. The van der Waals surface area contributed by atoms with E-state index < -0.39 is 30.6 Å². The number of amides is 1. The molecule has 2 unspecified atom stereocenters. The summed E-state index contributed by atoms with van der Waals surface area (Å²) >= 11 is 0.